The molecule has 1 N–H and O–H groups in total. The van der Waals surface area contributed by atoms with Crippen LogP contribution in [0.4, 0.5) is 4.39 Å². The summed E-state index contributed by atoms with van der Waals surface area (Å²) >= 11 is 6.54. The predicted molar refractivity (Wildman–Crippen MR) is 118 cm³/mol. The SMILES string of the molecule is Cc1nn(Cc2ccccc2)c(Cl)c1C(=O)NCC1(c2ccc(F)cc2)CCOCC1. The van der Waals surface area contributed by atoms with Gasteiger partial charge in [0.05, 0.1) is 17.8 Å². The normalized spacial score (nSPS) is 15.6. The molecule has 3 aromatic rings. The second-order valence-corrected chi connectivity index (χ2v) is 8.33. The summed E-state index contributed by atoms with van der Waals surface area (Å²) in [6, 6.07) is 16.4. The molecule has 4 rings (SSSR count). The van der Waals surface area contributed by atoms with Crippen molar-refractivity contribution in [2.75, 3.05) is 19.8 Å². The summed E-state index contributed by atoms with van der Waals surface area (Å²) in [4.78, 5) is 13.1. The molecule has 2 aromatic carbocycles. The number of rotatable bonds is 6. The highest BCUT2D eigenvalue weighted by molar-refractivity contribution is 6.33. The number of carbonyl (C=O) groups is 1. The molecule has 0 bridgehead atoms. The van der Waals surface area contributed by atoms with E-state index < -0.39 is 0 Å². The molecule has 0 radical (unpaired) electrons. The third-order valence-electron chi connectivity index (χ3n) is 5.96. The van der Waals surface area contributed by atoms with Gasteiger partial charge in [-0.1, -0.05) is 54.1 Å². The van der Waals surface area contributed by atoms with Crippen molar-refractivity contribution in [1.82, 2.24) is 15.1 Å². The fourth-order valence-corrected chi connectivity index (χ4v) is 4.46. The number of hydrogen-bond acceptors (Lipinski definition) is 3. The van der Waals surface area contributed by atoms with Crippen molar-refractivity contribution < 1.29 is 13.9 Å². The lowest BCUT2D eigenvalue weighted by atomic mass is 9.74. The van der Waals surface area contributed by atoms with Crippen LogP contribution in [0.15, 0.2) is 54.6 Å². The highest BCUT2D eigenvalue weighted by atomic mass is 35.5. The summed E-state index contributed by atoms with van der Waals surface area (Å²) < 4.78 is 20.6. The Bertz CT molecular complexity index is 1040. The molecule has 0 atom stereocenters. The van der Waals surface area contributed by atoms with Gasteiger partial charge in [-0.05, 0) is 43.0 Å². The van der Waals surface area contributed by atoms with Crippen LogP contribution in [0.3, 0.4) is 0 Å². The molecule has 1 aromatic heterocycles. The van der Waals surface area contributed by atoms with Crippen LogP contribution in [0.2, 0.25) is 5.15 Å². The zero-order valence-electron chi connectivity index (χ0n) is 17.4. The molecule has 2 heterocycles. The highest BCUT2D eigenvalue weighted by Crippen LogP contribution is 2.34. The zero-order valence-corrected chi connectivity index (χ0v) is 18.2. The molecule has 0 aliphatic carbocycles. The molecule has 0 spiro atoms. The fraction of sp³-hybridized carbons (Fsp3) is 0.333. The minimum absolute atomic E-state index is 0.255. The van der Waals surface area contributed by atoms with E-state index in [0.717, 1.165) is 24.0 Å². The van der Waals surface area contributed by atoms with Crippen molar-refractivity contribution in [3.05, 3.63) is 88.0 Å². The van der Waals surface area contributed by atoms with Crippen LogP contribution in [0, 0.1) is 12.7 Å². The number of benzene rings is 2. The van der Waals surface area contributed by atoms with Gasteiger partial charge in [0.25, 0.3) is 5.91 Å². The van der Waals surface area contributed by atoms with Gasteiger partial charge in [0.15, 0.2) is 0 Å². The standard InChI is InChI=1S/C24H25ClFN3O2/c1-17-21(22(25)29(28-17)15-18-5-3-2-4-6-18)23(30)27-16-24(11-13-31-14-12-24)19-7-9-20(26)10-8-19/h2-10H,11-16H2,1H3,(H,27,30). The smallest absolute Gasteiger partial charge is 0.256 e. The van der Waals surface area contributed by atoms with Gasteiger partial charge in [0.1, 0.15) is 11.0 Å². The van der Waals surface area contributed by atoms with E-state index in [2.05, 4.69) is 10.4 Å². The van der Waals surface area contributed by atoms with Crippen molar-refractivity contribution in [2.45, 2.75) is 31.7 Å². The summed E-state index contributed by atoms with van der Waals surface area (Å²) in [5.74, 6) is -0.530. The van der Waals surface area contributed by atoms with E-state index in [1.807, 2.05) is 30.3 Å². The van der Waals surface area contributed by atoms with Crippen molar-refractivity contribution in [2.24, 2.45) is 0 Å². The topological polar surface area (TPSA) is 56.2 Å². The molecule has 0 unspecified atom stereocenters. The summed E-state index contributed by atoms with van der Waals surface area (Å²) in [6.07, 6.45) is 1.50. The molecule has 1 aliphatic rings. The van der Waals surface area contributed by atoms with Crippen molar-refractivity contribution >= 4 is 17.5 Å². The summed E-state index contributed by atoms with van der Waals surface area (Å²) in [5, 5.41) is 7.85. The molecule has 5 nitrogen and oxygen atoms in total. The van der Waals surface area contributed by atoms with Crippen LogP contribution in [0.1, 0.15) is 40.0 Å². The minimum Gasteiger partial charge on any atom is -0.381 e. The van der Waals surface area contributed by atoms with Crippen LogP contribution in [-0.4, -0.2) is 35.4 Å². The highest BCUT2D eigenvalue weighted by Gasteiger charge is 2.35. The molecule has 1 fully saturated rings. The van der Waals surface area contributed by atoms with Crippen molar-refractivity contribution in [3.8, 4) is 0 Å². The number of ether oxygens (including phenoxy) is 1. The lowest BCUT2D eigenvalue weighted by Crippen LogP contribution is -2.44. The van der Waals surface area contributed by atoms with Crippen molar-refractivity contribution in [3.63, 3.8) is 0 Å². The number of nitrogens with zero attached hydrogens (tertiary/aromatic N) is 2. The Labute approximate surface area is 186 Å². The van der Waals surface area contributed by atoms with Crippen molar-refractivity contribution in [1.29, 1.82) is 0 Å². The first kappa shape index (κ1) is 21.5. The molecule has 7 heteroatoms. The van der Waals surface area contributed by atoms with E-state index in [9.17, 15) is 9.18 Å². The van der Waals surface area contributed by atoms with Gasteiger partial charge >= 0.3 is 0 Å². The van der Waals surface area contributed by atoms with E-state index in [4.69, 9.17) is 16.3 Å². The molecule has 162 valence electrons. The largest absolute Gasteiger partial charge is 0.381 e. The first-order valence-electron chi connectivity index (χ1n) is 10.4. The second kappa shape index (κ2) is 9.20. The van der Waals surface area contributed by atoms with Gasteiger partial charge in [0, 0.05) is 25.2 Å². The lowest BCUT2D eigenvalue weighted by Gasteiger charge is -2.38. The maximum absolute atomic E-state index is 13.4. The number of hydrogen-bond donors (Lipinski definition) is 1. The number of carbonyl (C=O) groups excluding carboxylic acids is 1. The van der Waals surface area contributed by atoms with E-state index in [-0.39, 0.29) is 17.1 Å². The third-order valence-corrected chi connectivity index (χ3v) is 6.35. The van der Waals surface area contributed by atoms with E-state index in [0.29, 0.717) is 42.7 Å². The first-order chi connectivity index (χ1) is 15.0. The van der Waals surface area contributed by atoms with E-state index in [1.54, 1.807) is 23.7 Å². The molecule has 31 heavy (non-hydrogen) atoms. The third kappa shape index (κ3) is 4.65. The Morgan fingerprint density at radius 2 is 1.84 bits per heavy atom. The maximum atomic E-state index is 13.4. The molecular formula is C24H25ClFN3O2. The first-order valence-corrected chi connectivity index (χ1v) is 10.8. The maximum Gasteiger partial charge on any atom is 0.256 e. The number of aryl methyl sites for hydroxylation is 1. The van der Waals surface area contributed by atoms with Crippen LogP contribution < -0.4 is 5.32 Å². The van der Waals surface area contributed by atoms with Gasteiger partial charge in [-0.25, -0.2) is 9.07 Å². The molecular weight excluding hydrogens is 417 g/mol. The Morgan fingerprint density at radius 3 is 2.52 bits per heavy atom. The summed E-state index contributed by atoms with van der Waals surface area (Å²) in [6.45, 7) is 3.89. The number of nitrogens with one attached hydrogen (secondary N) is 1. The lowest BCUT2D eigenvalue weighted by molar-refractivity contribution is 0.0487. The Kier molecular flexibility index (Phi) is 6.39. The monoisotopic (exact) mass is 441 g/mol. The quantitative estimate of drug-likeness (QED) is 0.612. The number of halogens is 2. The fourth-order valence-electron chi connectivity index (χ4n) is 4.14. The summed E-state index contributed by atoms with van der Waals surface area (Å²) in [7, 11) is 0. The van der Waals surface area contributed by atoms with Crippen LogP contribution >= 0.6 is 11.6 Å². The van der Waals surface area contributed by atoms with Gasteiger partial charge in [0.2, 0.25) is 0 Å². The van der Waals surface area contributed by atoms with Gasteiger partial charge in [-0.15, -0.1) is 0 Å². The average molecular weight is 442 g/mol. The minimum atomic E-state index is -0.304. The molecule has 0 saturated carbocycles. The van der Waals surface area contributed by atoms with Crippen LogP contribution in [0.25, 0.3) is 0 Å². The molecule has 1 aliphatic heterocycles. The van der Waals surface area contributed by atoms with Gasteiger partial charge < -0.3 is 10.1 Å². The van der Waals surface area contributed by atoms with Crippen LogP contribution in [-0.2, 0) is 16.7 Å². The average Bonchev–Trinajstić information content (AvgIpc) is 3.06. The number of aromatic nitrogens is 2. The van der Waals surface area contributed by atoms with Gasteiger partial charge in [-0.2, -0.15) is 5.10 Å². The Hall–Kier alpha value is -2.70. The zero-order chi connectivity index (χ0) is 21.8. The van der Waals surface area contributed by atoms with E-state index in [1.165, 1.54) is 12.1 Å². The molecule has 1 amide bonds. The van der Waals surface area contributed by atoms with Crippen LogP contribution in [0.5, 0.6) is 0 Å². The Morgan fingerprint density at radius 1 is 1.16 bits per heavy atom. The van der Waals surface area contributed by atoms with Gasteiger partial charge in [-0.3, -0.25) is 4.79 Å². The second-order valence-electron chi connectivity index (χ2n) is 7.98. The predicted octanol–water partition coefficient (Wildman–Crippen LogP) is 4.51. The van der Waals surface area contributed by atoms with E-state index >= 15 is 0 Å². The molecule has 1 saturated heterocycles. The summed E-state index contributed by atoms with van der Waals surface area (Å²) in [5.41, 5.74) is 2.72. The Balaban J connectivity index is 1.52. The number of amides is 1.